The quantitative estimate of drug-likeness (QED) is 0.403. The fourth-order valence-corrected chi connectivity index (χ4v) is 3.28. The molecule has 0 aromatic carbocycles. The van der Waals surface area contributed by atoms with Gasteiger partial charge >= 0.3 is 5.97 Å². The van der Waals surface area contributed by atoms with Crippen LogP contribution in [-0.4, -0.2) is 49.4 Å². The second-order valence-electron chi connectivity index (χ2n) is 6.33. The van der Waals surface area contributed by atoms with Gasteiger partial charge in [0.2, 0.25) is 5.91 Å². The molecule has 1 saturated heterocycles. The molecule has 2 rings (SSSR count). The lowest BCUT2D eigenvalue weighted by molar-refractivity contribution is -0.138. The van der Waals surface area contributed by atoms with Crippen LogP contribution in [0, 0.1) is 5.92 Å². The van der Waals surface area contributed by atoms with Crippen molar-refractivity contribution < 1.29 is 19.1 Å². The van der Waals surface area contributed by atoms with E-state index in [1.807, 2.05) is 0 Å². The van der Waals surface area contributed by atoms with E-state index in [4.69, 9.17) is 21.1 Å². The second-order valence-corrected chi connectivity index (χ2v) is 6.72. The molecule has 1 amide bonds. The molecule has 26 heavy (non-hydrogen) atoms. The zero-order chi connectivity index (χ0) is 19.3. The average Bonchev–Trinajstić information content (AvgIpc) is 3.14. The number of rotatable bonds is 6. The van der Waals surface area contributed by atoms with E-state index in [-0.39, 0.29) is 18.4 Å². The van der Waals surface area contributed by atoms with Crippen molar-refractivity contribution in [3.63, 3.8) is 0 Å². The number of hydrogen-bond donors (Lipinski definition) is 0. The number of aliphatic imine (C=N–C) groups is 1. The fraction of sp³-hybridized carbons (Fsp3) is 0.526. The van der Waals surface area contributed by atoms with Gasteiger partial charge in [0, 0.05) is 30.9 Å². The molecular formula is C19H25ClN2O4. The van der Waals surface area contributed by atoms with E-state index < -0.39 is 11.9 Å². The van der Waals surface area contributed by atoms with Crippen molar-refractivity contribution in [2.24, 2.45) is 10.9 Å². The topological polar surface area (TPSA) is 68.2 Å². The van der Waals surface area contributed by atoms with Crippen molar-refractivity contribution in [1.82, 2.24) is 4.90 Å². The normalized spacial score (nSPS) is 24.5. The van der Waals surface area contributed by atoms with Crippen molar-refractivity contribution in [2.75, 3.05) is 20.3 Å². The van der Waals surface area contributed by atoms with Gasteiger partial charge in [-0.1, -0.05) is 24.3 Å². The van der Waals surface area contributed by atoms with Crippen LogP contribution in [0.5, 0.6) is 0 Å². The van der Waals surface area contributed by atoms with Crippen LogP contribution >= 0.6 is 11.6 Å². The van der Waals surface area contributed by atoms with Gasteiger partial charge in [-0.05, 0) is 32.3 Å². The van der Waals surface area contributed by atoms with Gasteiger partial charge in [-0.25, -0.2) is 9.79 Å². The third-order valence-electron chi connectivity index (χ3n) is 4.68. The first kappa shape index (κ1) is 20.4. The summed E-state index contributed by atoms with van der Waals surface area (Å²) >= 11 is 5.88. The standard InChI is InChI=1S/C19H25ClN2O4/c1-5-16(20)21-10-12(2)15-9-17(23)22(11-14-7-6-8-26-14)13(3)18(15)19(24)25-4/h5,10,14-15H,2,6-9,11H2,1,3-4H3/b16-5-,21-10-/t14-,15+/m1/s1. The number of amides is 1. The molecule has 0 aromatic rings. The molecule has 2 aliphatic rings. The van der Waals surface area contributed by atoms with Crippen LogP contribution in [0.4, 0.5) is 0 Å². The Bertz CT molecular complexity index is 675. The molecule has 2 heterocycles. The van der Waals surface area contributed by atoms with Gasteiger partial charge in [0.1, 0.15) is 5.16 Å². The first-order chi connectivity index (χ1) is 12.4. The highest BCUT2D eigenvalue weighted by Gasteiger charge is 2.38. The van der Waals surface area contributed by atoms with Crippen LogP contribution < -0.4 is 0 Å². The van der Waals surface area contributed by atoms with E-state index in [9.17, 15) is 9.59 Å². The van der Waals surface area contributed by atoms with Crippen LogP contribution in [0.3, 0.4) is 0 Å². The average molecular weight is 381 g/mol. The van der Waals surface area contributed by atoms with Crippen LogP contribution in [0.1, 0.15) is 33.1 Å². The predicted molar refractivity (Wildman–Crippen MR) is 101 cm³/mol. The van der Waals surface area contributed by atoms with Gasteiger partial charge < -0.3 is 14.4 Å². The summed E-state index contributed by atoms with van der Waals surface area (Å²) in [6.07, 6.45) is 5.17. The molecule has 6 nitrogen and oxygen atoms in total. The Morgan fingerprint density at radius 3 is 2.85 bits per heavy atom. The molecule has 0 unspecified atom stereocenters. The summed E-state index contributed by atoms with van der Waals surface area (Å²) in [6.45, 7) is 8.65. The highest BCUT2D eigenvalue weighted by molar-refractivity contribution is 6.29. The van der Waals surface area contributed by atoms with Gasteiger partial charge in [-0.15, -0.1) is 0 Å². The largest absolute Gasteiger partial charge is 0.466 e. The summed E-state index contributed by atoms with van der Waals surface area (Å²) in [5.41, 5.74) is 1.55. The molecule has 0 bridgehead atoms. The molecule has 0 aromatic heterocycles. The van der Waals surface area contributed by atoms with Crippen molar-refractivity contribution >= 4 is 29.7 Å². The van der Waals surface area contributed by atoms with Gasteiger partial charge in [0.25, 0.3) is 0 Å². The summed E-state index contributed by atoms with van der Waals surface area (Å²) in [6, 6.07) is 0. The molecule has 0 saturated carbocycles. The number of allylic oxidation sites excluding steroid dienone is 3. The monoisotopic (exact) mass is 380 g/mol. The van der Waals surface area contributed by atoms with Gasteiger partial charge in [0.05, 0.1) is 25.3 Å². The number of carbonyl (C=O) groups is 2. The first-order valence-corrected chi connectivity index (χ1v) is 9.02. The van der Waals surface area contributed by atoms with Crippen LogP contribution in [0.2, 0.25) is 0 Å². The lowest BCUT2D eigenvalue weighted by Crippen LogP contribution is -2.43. The Balaban J connectivity index is 2.32. The van der Waals surface area contributed by atoms with E-state index in [1.54, 1.807) is 24.8 Å². The number of ether oxygens (including phenoxy) is 2. The number of nitrogens with zero attached hydrogens (tertiary/aromatic N) is 2. The first-order valence-electron chi connectivity index (χ1n) is 8.64. The molecule has 7 heteroatoms. The van der Waals surface area contributed by atoms with Gasteiger partial charge in [-0.3, -0.25) is 4.79 Å². The van der Waals surface area contributed by atoms with Crippen LogP contribution in [-0.2, 0) is 19.1 Å². The Labute approximate surface area is 159 Å². The number of hydrogen-bond acceptors (Lipinski definition) is 5. The summed E-state index contributed by atoms with van der Waals surface area (Å²) < 4.78 is 10.6. The number of carbonyl (C=O) groups excluding carboxylic acids is 2. The Morgan fingerprint density at radius 2 is 2.27 bits per heavy atom. The van der Waals surface area contributed by atoms with E-state index in [0.717, 1.165) is 12.8 Å². The van der Waals surface area contributed by atoms with Crippen molar-refractivity contribution in [2.45, 2.75) is 39.2 Å². The highest BCUT2D eigenvalue weighted by Crippen LogP contribution is 2.34. The summed E-state index contributed by atoms with van der Waals surface area (Å²) in [4.78, 5) is 30.8. The smallest absolute Gasteiger partial charge is 0.336 e. The Kier molecular flexibility index (Phi) is 7.17. The molecule has 0 N–H and O–H groups in total. The lowest BCUT2D eigenvalue weighted by Gasteiger charge is -2.35. The Hall–Kier alpha value is -1.92. The van der Waals surface area contributed by atoms with E-state index >= 15 is 0 Å². The molecule has 1 fully saturated rings. The van der Waals surface area contributed by atoms with Crippen LogP contribution in [0.15, 0.2) is 39.6 Å². The molecule has 142 valence electrons. The van der Waals surface area contributed by atoms with E-state index in [0.29, 0.717) is 35.2 Å². The SMILES string of the molecule is C=C(/C=N\C(Cl)=C/C)[C@@H]1CC(=O)N(C[C@H]2CCCO2)C(C)=C1C(=O)OC. The van der Waals surface area contributed by atoms with E-state index in [2.05, 4.69) is 11.6 Å². The maximum Gasteiger partial charge on any atom is 0.336 e. The minimum Gasteiger partial charge on any atom is -0.466 e. The predicted octanol–water partition coefficient (Wildman–Crippen LogP) is 3.19. The Morgan fingerprint density at radius 1 is 1.54 bits per heavy atom. The number of esters is 1. The molecule has 0 radical (unpaired) electrons. The van der Waals surface area contributed by atoms with Crippen molar-refractivity contribution in [3.05, 3.63) is 34.7 Å². The fourth-order valence-electron chi connectivity index (χ4n) is 3.23. The summed E-state index contributed by atoms with van der Waals surface area (Å²) in [7, 11) is 1.33. The molecular weight excluding hydrogens is 356 g/mol. The third kappa shape index (κ3) is 4.62. The molecule has 0 spiro atoms. The maximum atomic E-state index is 12.7. The number of halogens is 1. The molecule has 0 aliphatic carbocycles. The molecule has 2 atom stereocenters. The highest BCUT2D eigenvalue weighted by atomic mass is 35.5. The van der Waals surface area contributed by atoms with E-state index in [1.165, 1.54) is 13.3 Å². The minimum absolute atomic E-state index is 0.00242. The lowest BCUT2D eigenvalue weighted by atomic mass is 9.84. The maximum absolute atomic E-state index is 12.7. The summed E-state index contributed by atoms with van der Waals surface area (Å²) in [5, 5.41) is 0.314. The zero-order valence-electron chi connectivity index (χ0n) is 15.5. The summed E-state index contributed by atoms with van der Waals surface area (Å²) in [5.74, 6) is -1.02. The van der Waals surface area contributed by atoms with Gasteiger partial charge in [0.15, 0.2) is 0 Å². The minimum atomic E-state index is -0.485. The third-order valence-corrected chi connectivity index (χ3v) is 4.99. The van der Waals surface area contributed by atoms with Crippen molar-refractivity contribution in [1.29, 1.82) is 0 Å². The zero-order valence-corrected chi connectivity index (χ0v) is 16.2. The molecule has 2 aliphatic heterocycles. The second kappa shape index (κ2) is 9.14. The van der Waals surface area contributed by atoms with Gasteiger partial charge in [-0.2, -0.15) is 0 Å². The van der Waals surface area contributed by atoms with Crippen LogP contribution in [0.25, 0.3) is 0 Å². The number of methoxy groups -OCH3 is 1. The van der Waals surface area contributed by atoms with Crippen molar-refractivity contribution in [3.8, 4) is 0 Å².